The molecule has 0 amide bonds. The number of hydrogen-bond acceptors (Lipinski definition) is 4. The maximum absolute atomic E-state index is 10.1. The fourth-order valence-corrected chi connectivity index (χ4v) is 1.49. The van der Waals surface area contributed by atoms with Crippen molar-refractivity contribution in [1.29, 1.82) is 0 Å². The molecule has 0 bridgehead atoms. The van der Waals surface area contributed by atoms with Crippen LogP contribution < -0.4 is 11.1 Å². The van der Waals surface area contributed by atoms with E-state index in [2.05, 4.69) is 5.32 Å². The van der Waals surface area contributed by atoms with Crippen LogP contribution in [0.5, 0.6) is 0 Å². The molecule has 0 aliphatic rings. The Kier molecular flexibility index (Phi) is 4.78. The first kappa shape index (κ1) is 13.8. The first-order valence-corrected chi connectivity index (χ1v) is 5.76. The molecule has 4 heteroatoms. The van der Waals surface area contributed by atoms with Crippen molar-refractivity contribution in [3.63, 3.8) is 0 Å². The van der Waals surface area contributed by atoms with Crippen LogP contribution in [-0.2, 0) is 4.74 Å². The minimum absolute atomic E-state index is 0.486. The molecule has 1 unspecified atom stereocenters. The van der Waals surface area contributed by atoms with Crippen molar-refractivity contribution in [2.45, 2.75) is 25.9 Å². The van der Waals surface area contributed by atoms with E-state index in [1.54, 1.807) is 14.0 Å². The quantitative estimate of drug-likeness (QED) is 0.661. The Balaban J connectivity index is 2.51. The fourth-order valence-electron chi connectivity index (χ4n) is 1.49. The van der Waals surface area contributed by atoms with Gasteiger partial charge in [0.2, 0.25) is 0 Å². The monoisotopic (exact) mass is 238 g/mol. The molecular weight excluding hydrogens is 216 g/mol. The lowest BCUT2D eigenvalue weighted by atomic mass is 10.0. The maximum atomic E-state index is 10.1. The van der Waals surface area contributed by atoms with Gasteiger partial charge in [-0.2, -0.15) is 0 Å². The zero-order chi connectivity index (χ0) is 12.9. The number of methoxy groups -OCH3 is 1. The maximum Gasteiger partial charge on any atom is 0.0813 e. The summed E-state index contributed by atoms with van der Waals surface area (Å²) in [5.41, 5.74) is 7.75. The van der Waals surface area contributed by atoms with Crippen molar-refractivity contribution in [2.75, 3.05) is 31.3 Å². The normalized spacial score (nSPS) is 14.4. The van der Waals surface area contributed by atoms with E-state index in [4.69, 9.17) is 10.5 Å². The molecule has 4 N–H and O–H groups in total. The summed E-state index contributed by atoms with van der Waals surface area (Å²) in [6.07, 6.45) is 0.602. The molecule has 0 saturated heterocycles. The zero-order valence-corrected chi connectivity index (χ0v) is 10.8. The highest BCUT2D eigenvalue weighted by molar-refractivity contribution is 5.56. The summed E-state index contributed by atoms with van der Waals surface area (Å²) < 4.78 is 4.96. The fraction of sp³-hybridized carbons (Fsp3) is 0.538. The highest BCUT2D eigenvalue weighted by Crippen LogP contribution is 2.18. The molecule has 0 aromatic heterocycles. The molecule has 17 heavy (non-hydrogen) atoms. The predicted molar refractivity (Wildman–Crippen MR) is 71.2 cm³/mol. The second-order valence-corrected chi connectivity index (χ2v) is 4.66. The number of nitrogen functional groups attached to an aromatic ring is 1. The van der Waals surface area contributed by atoms with Crippen LogP contribution in [0, 0.1) is 6.92 Å². The topological polar surface area (TPSA) is 67.5 Å². The van der Waals surface area contributed by atoms with Gasteiger partial charge in [0, 0.05) is 38.1 Å². The summed E-state index contributed by atoms with van der Waals surface area (Å²) >= 11 is 0. The van der Waals surface area contributed by atoms with Crippen molar-refractivity contribution < 1.29 is 9.84 Å². The summed E-state index contributed by atoms with van der Waals surface area (Å²) in [4.78, 5) is 0. The third kappa shape index (κ3) is 4.63. The summed E-state index contributed by atoms with van der Waals surface area (Å²) in [5.74, 6) is 0. The molecule has 0 saturated carbocycles. The van der Waals surface area contributed by atoms with E-state index in [0.29, 0.717) is 19.6 Å². The van der Waals surface area contributed by atoms with E-state index in [-0.39, 0.29) is 0 Å². The van der Waals surface area contributed by atoms with Crippen LogP contribution in [-0.4, -0.2) is 31.0 Å². The summed E-state index contributed by atoms with van der Waals surface area (Å²) in [6.45, 7) is 4.79. The van der Waals surface area contributed by atoms with Gasteiger partial charge in [0.25, 0.3) is 0 Å². The number of nitrogens with one attached hydrogen (secondary N) is 1. The van der Waals surface area contributed by atoms with Crippen LogP contribution in [0.3, 0.4) is 0 Å². The number of anilines is 2. The largest absolute Gasteiger partial charge is 0.399 e. The van der Waals surface area contributed by atoms with Crippen LogP contribution in [0.1, 0.15) is 18.9 Å². The van der Waals surface area contributed by atoms with Crippen molar-refractivity contribution in [1.82, 2.24) is 0 Å². The molecule has 1 rings (SSSR count). The van der Waals surface area contributed by atoms with Crippen LogP contribution in [0.2, 0.25) is 0 Å². The van der Waals surface area contributed by atoms with E-state index in [0.717, 1.165) is 16.9 Å². The van der Waals surface area contributed by atoms with Gasteiger partial charge in [0.15, 0.2) is 0 Å². The highest BCUT2D eigenvalue weighted by atomic mass is 16.5. The van der Waals surface area contributed by atoms with Crippen LogP contribution in [0.25, 0.3) is 0 Å². The second kappa shape index (κ2) is 5.89. The summed E-state index contributed by atoms with van der Waals surface area (Å²) in [7, 11) is 1.63. The first-order chi connectivity index (χ1) is 7.94. The van der Waals surface area contributed by atoms with Gasteiger partial charge in [-0.25, -0.2) is 0 Å². The average molecular weight is 238 g/mol. The van der Waals surface area contributed by atoms with Gasteiger partial charge >= 0.3 is 0 Å². The van der Waals surface area contributed by atoms with E-state index in [1.165, 1.54) is 0 Å². The van der Waals surface area contributed by atoms with Gasteiger partial charge in [-0.05, 0) is 37.6 Å². The molecule has 0 fully saturated rings. The molecule has 0 aliphatic heterocycles. The number of rotatable bonds is 6. The molecule has 0 radical (unpaired) electrons. The van der Waals surface area contributed by atoms with Crippen molar-refractivity contribution in [2.24, 2.45) is 0 Å². The lowest BCUT2D eigenvalue weighted by Crippen LogP contribution is -2.34. The SMILES string of the molecule is COCCC(C)(O)CNc1ccc(N)c(C)c1. The highest BCUT2D eigenvalue weighted by Gasteiger charge is 2.19. The number of nitrogens with two attached hydrogens (primary N) is 1. The Morgan fingerprint density at radius 3 is 2.76 bits per heavy atom. The lowest BCUT2D eigenvalue weighted by molar-refractivity contribution is 0.0357. The lowest BCUT2D eigenvalue weighted by Gasteiger charge is -2.24. The van der Waals surface area contributed by atoms with Gasteiger partial charge in [-0.3, -0.25) is 0 Å². The molecule has 1 aromatic rings. The molecule has 96 valence electrons. The Labute approximate surface area is 103 Å². The molecule has 0 spiro atoms. The zero-order valence-electron chi connectivity index (χ0n) is 10.8. The Morgan fingerprint density at radius 2 is 2.18 bits per heavy atom. The third-order valence-corrected chi connectivity index (χ3v) is 2.79. The molecule has 0 aliphatic carbocycles. The van der Waals surface area contributed by atoms with Crippen molar-refractivity contribution in [3.05, 3.63) is 23.8 Å². The number of aryl methyl sites for hydroxylation is 1. The Bertz CT molecular complexity index is 364. The number of aliphatic hydroxyl groups is 1. The van der Waals surface area contributed by atoms with E-state index in [9.17, 15) is 5.11 Å². The van der Waals surface area contributed by atoms with Gasteiger partial charge in [0.1, 0.15) is 0 Å². The number of benzene rings is 1. The number of ether oxygens (including phenoxy) is 1. The third-order valence-electron chi connectivity index (χ3n) is 2.79. The average Bonchev–Trinajstić information content (AvgIpc) is 2.28. The van der Waals surface area contributed by atoms with Crippen LogP contribution in [0.15, 0.2) is 18.2 Å². The van der Waals surface area contributed by atoms with E-state index >= 15 is 0 Å². The van der Waals surface area contributed by atoms with Gasteiger partial charge < -0.3 is 20.9 Å². The molecule has 4 nitrogen and oxygen atoms in total. The van der Waals surface area contributed by atoms with Gasteiger partial charge in [-0.1, -0.05) is 0 Å². The molecule has 1 aromatic carbocycles. The summed E-state index contributed by atoms with van der Waals surface area (Å²) in [6, 6.07) is 5.75. The van der Waals surface area contributed by atoms with Crippen molar-refractivity contribution in [3.8, 4) is 0 Å². The Morgan fingerprint density at radius 1 is 1.47 bits per heavy atom. The second-order valence-electron chi connectivity index (χ2n) is 4.66. The Hall–Kier alpha value is -1.26. The molecule has 1 atom stereocenters. The van der Waals surface area contributed by atoms with Crippen molar-refractivity contribution >= 4 is 11.4 Å². The minimum Gasteiger partial charge on any atom is -0.399 e. The summed E-state index contributed by atoms with van der Waals surface area (Å²) in [5, 5.41) is 13.3. The number of hydrogen-bond donors (Lipinski definition) is 3. The van der Waals surface area contributed by atoms with Crippen LogP contribution in [0.4, 0.5) is 11.4 Å². The van der Waals surface area contributed by atoms with Gasteiger partial charge in [-0.15, -0.1) is 0 Å². The van der Waals surface area contributed by atoms with Crippen LogP contribution >= 0.6 is 0 Å². The van der Waals surface area contributed by atoms with E-state index < -0.39 is 5.60 Å². The molecule has 0 heterocycles. The minimum atomic E-state index is -0.773. The smallest absolute Gasteiger partial charge is 0.0813 e. The first-order valence-electron chi connectivity index (χ1n) is 5.76. The molecular formula is C13H22N2O2. The predicted octanol–water partition coefficient (Wildman–Crippen LogP) is 1.78. The standard InChI is InChI=1S/C13H22N2O2/c1-10-8-11(4-5-12(10)14)15-9-13(2,16)6-7-17-3/h4-5,8,15-16H,6-7,9,14H2,1-3H3. The van der Waals surface area contributed by atoms with E-state index in [1.807, 2.05) is 25.1 Å². The van der Waals surface area contributed by atoms with Gasteiger partial charge in [0.05, 0.1) is 5.60 Å².